The van der Waals surface area contributed by atoms with Crippen molar-refractivity contribution in [2.24, 2.45) is 4.99 Å². The normalized spacial score (nSPS) is 11.5. The van der Waals surface area contributed by atoms with E-state index in [2.05, 4.69) is 4.99 Å². The number of phenolic OH excluding ortho intramolecular Hbond substituents is 1. The Kier molecular flexibility index (Phi) is 4.74. The Morgan fingerprint density at radius 3 is 2.29 bits per heavy atom. The highest BCUT2D eigenvalue weighted by molar-refractivity contribution is 6.37. The van der Waals surface area contributed by atoms with Crippen molar-refractivity contribution in [2.75, 3.05) is 5.73 Å². The van der Waals surface area contributed by atoms with Gasteiger partial charge in [0.05, 0.1) is 22.1 Å². The summed E-state index contributed by atoms with van der Waals surface area (Å²) in [6.45, 7) is 0. The predicted molar refractivity (Wildman–Crippen MR) is 101 cm³/mol. The summed E-state index contributed by atoms with van der Waals surface area (Å²) in [5.41, 5.74) is 8.94. The summed E-state index contributed by atoms with van der Waals surface area (Å²) < 4.78 is 0. The zero-order chi connectivity index (χ0) is 17.1. The molecular weight excluding hydrogens is 343 g/mol. The molecule has 0 saturated heterocycles. The number of benzene rings is 3. The van der Waals surface area contributed by atoms with Crippen molar-refractivity contribution in [1.82, 2.24) is 0 Å². The van der Waals surface area contributed by atoms with E-state index >= 15 is 0 Å². The van der Waals surface area contributed by atoms with E-state index in [0.717, 1.165) is 5.56 Å². The summed E-state index contributed by atoms with van der Waals surface area (Å²) in [5, 5.41) is 11.0. The summed E-state index contributed by atoms with van der Waals surface area (Å²) in [7, 11) is 0. The molecule has 0 fully saturated rings. The molecule has 0 radical (unpaired) electrons. The van der Waals surface area contributed by atoms with Gasteiger partial charge >= 0.3 is 0 Å². The van der Waals surface area contributed by atoms with Gasteiger partial charge in [-0.3, -0.25) is 0 Å². The lowest BCUT2D eigenvalue weighted by Crippen LogP contribution is -2.04. The molecule has 0 spiro atoms. The Labute approximate surface area is 150 Å². The van der Waals surface area contributed by atoms with Crippen molar-refractivity contribution in [3.8, 4) is 5.75 Å². The van der Waals surface area contributed by atoms with Crippen molar-refractivity contribution in [2.45, 2.75) is 0 Å². The van der Waals surface area contributed by atoms with Crippen LogP contribution in [0.3, 0.4) is 0 Å². The van der Waals surface area contributed by atoms with Gasteiger partial charge in [-0.25, -0.2) is 4.99 Å². The summed E-state index contributed by atoms with van der Waals surface area (Å²) in [5.74, 6) is -0.0711. The molecule has 0 aromatic heterocycles. The summed E-state index contributed by atoms with van der Waals surface area (Å²) in [6, 6.07) is 19.9. The van der Waals surface area contributed by atoms with Crippen LogP contribution < -0.4 is 5.73 Å². The van der Waals surface area contributed by atoms with E-state index in [-0.39, 0.29) is 10.8 Å². The molecule has 0 amide bonds. The Bertz CT molecular complexity index is 908. The van der Waals surface area contributed by atoms with Gasteiger partial charge in [-0.05, 0) is 24.3 Å². The fraction of sp³-hybridized carbons (Fsp3) is 0. The van der Waals surface area contributed by atoms with Crippen LogP contribution in [0.25, 0.3) is 0 Å². The molecule has 0 atom stereocenters. The zero-order valence-corrected chi connectivity index (χ0v) is 14.1. The Hall–Kier alpha value is -2.49. The van der Waals surface area contributed by atoms with Gasteiger partial charge in [-0.15, -0.1) is 0 Å². The number of aromatic hydroxyl groups is 1. The van der Waals surface area contributed by atoms with Gasteiger partial charge in [0, 0.05) is 16.1 Å². The van der Waals surface area contributed by atoms with Crippen molar-refractivity contribution in [3.63, 3.8) is 0 Å². The monoisotopic (exact) mass is 356 g/mol. The third-order valence-electron chi connectivity index (χ3n) is 3.50. The number of rotatable bonds is 3. The first kappa shape index (κ1) is 16.4. The number of phenols is 1. The van der Waals surface area contributed by atoms with Crippen LogP contribution in [-0.4, -0.2) is 10.8 Å². The highest BCUT2D eigenvalue weighted by Crippen LogP contribution is 2.34. The van der Waals surface area contributed by atoms with Crippen molar-refractivity contribution in [1.29, 1.82) is 0 Å². The van der Waals surface area contributed by atoms with Gasteiger partial charge in [-0.1, -0.05) is 65.7 Å². The van der Waals surface area contributed by atoms with E-state index in [1.54, 1.807) is 12.1 Å². The fourth-order valence-corrected chi connectivity index (χ4v) is 2.83. The van der Waals surface area contributed by atoms with Gasteiger partial charge in [0.1, 0.15) is 5.75 Å². The van der Waals surface area contributed by atoms with Crippen molar-refractivity contribution < 1.29 is 5.11 Å². The molecule has 0 unspecified atom stereocenters. The van der Waals surface area contributed by atoms with Crippen molar-refractivity contribution in [3.05, 3.63) is 87.9 Å². The first-order valence-corrected chi connectivity index (χ1v) is 7.99. The average molecular weight is 357 g/mol. The number of nitrogen functional groups attached to an aromatic ring is 1. The Balaban J connectivity index is 2.27. The molecular formula is C19H14Cl2N2O. The molecule has 3 N–H and O–H groups in total. The van der Waals surface area contributed by atoms with E-state index in [0.29, 0.717) is 27.7 Å². The molecule has 24 heavy (non-hydrogen) atoms. The number of nitrogens with zero attached hydrogens (tertiary/aromatic N) is 1. The third kappa shape index (κ3) is 3.37. The van der Waals surface area contributed by atoms with Crippen LogP contribution in [0.1, 0.15) is 11.1 Å². The van der Waals surface area contributed by atoms with Gasteiger partial charge in [0.15, 0.2) is 0 Å². The number of para-hydroxylation sites is 2. The molecule has 0 aliphatic heterocycles. The topological polar surface area (TPSA) is 58.6 Å². The van der Waals surface area contributed by atoms with Crippen LogP contribution in [0, 0.1) is 0 Å². The second kappa shape index (κ2) is 6.95. The van der Waals surface area contributed by atoms with Gasteiger partial charge in [-0.2, -0.15) is 0 Å². The maximum absolute atomic E-state index is 10.4. The minimum absolute atomic E-state index is 0.0711. The van der Waals surface area contributed by atoms with Crippen LogP contribution in [0.15, 0.2) is 71.7 Å². The molecule has 5 heteroatoms. The first-order valence-electron chi connectivity index (χ1n) is 7.23. The molecule has 0 aliphatic carbocycles. The minimum atomic E-state index is -0.0711. The van der Waals surface area contributed by atoms with E-state index in [1.165, 1.54) is 6.07 Å². The number of hydrogen-bond donors (Lipinski definition) is 2. The van der Waals surface area contributed by atoms with E-state index in [9.17, 15) is 5.11 Å². The standard InChI is InChI=1S/C19H14Cl2N2O/c20-13-10-14(19(24)15(21)11-13)18(12-6-2-1-3-7-12)23-17-9-5-4-8-16(17)22/h1-11,24H,22H2. The third-order valence-corrected chi connectivity index (χ3v) is 4.01. The number of aliphatic imine (C=N–C) groups is 1. The maximum atomic E-state index is 10.4. The molecule has 0 heterocycles. The molecule has 3 aromatic carbocycles. The van der Waals surface area contributed by atoms with Crippen molar-refractivity contribution >= 4 is 40.3 Å². The molecule has 120 valence electrons. The van der Waals surface area contributed by atoms with E-state index in [4.69, 9.17) is 28.9 Å². The largest absolute Gasteiger partial charge is 0.506 e. The zero-order valence-electron chi connectivity index (χ0n) is 12.6. The molecule has 3 aromatic rings. The summed E-state index contributed by atoms with van der Waals surface area (Å²) >= 11 is 12.2. The Morgan fingerprint density at radius 2 is 1.58 bits per heavy atom. The van der Waals surface area contributed by atoms with E-state index in [1.807, 2.05) is 48.5 Å². The number of halogens is 2. The smallest absolute Gasteiger partial charge is 0.143 e. The maximum Gasteiger partial charge on any atom is 0.143 e. The fourth-order valence-electron chi connectivity index (χ4n) is 2.33. The second-order valence-corrected chi connectivity index (χ2v) is 6.01. The predicted octanol–water partition coefficient (Wildman–Crippen LogP) is 5.45. The average Bonchev–Trinajstić information content (AvgIpc) is 2.58. The van der Waals surface area contributed by atoms with Gasteiger partial charge in [0.2, 0.25) is 0 Å². The lowest BCUT2D eigenvalue weighted by Gasteiger charge is -2.12. The van der Waals surface area contributed by atoms with Crippen LogP contribution in [-0.2, 0) is 0 Å². The lowest BCUT2D eigenvalue weighted by molar-refractivity contribution is 0.474. The highest BCUT2D eigenvalue weighted by atomic mass is 35.5. The first-order chi connectivity index (χ1) is 11.6. The molecule has 3 nitrogen and oxygen atoms in total. The number of anilines is 1. The van der Waals surface area contributed by atoms with Crippen LogP contribution >= 0.6 is 23.2 Å². The molecule has 0 aliphatic rings. The summed E-state index contributed by atoms with van der Waals surface area (Å²) in [6.07, 6.45) is 0. The van der Waals surface area contributed by atoms with Gasteiger partial charge in [0.25, 0.3) is 0 Å². The number of hydrogen-bond acceptors (Lipinski definition) is 3. The second-order valence-electron chi connectivity index (χ2n) is 5.17. The highest BCUT2D eigenvalue weighted by Gasteiger charge is 2.16. The van der Waals surface area contributed by atoms with Gasteiger partial charge < -0.3 is 10.8 Å². The SMILES string of the molecule is Nc1ccccc1N=C(c1ccccc1)c1cc(Cl)cc(Cl)c1O. The molecule has 3 rings (SSSR count). The van der Waals surface area contributed by atoms with Crippen LogP contribution in [0.4, 0.5) is 11.4 Å². The Morgan fingerprint density at radius 1 is 0.917 bits per heavy atom. The minimum Gasteiger partial charge on any atom is -0.506 e. The quantitative estimate of drug-likeness (QED) is 0.484. The lowest BCUT2D eigenvalue weighted by atomic mass is 10.0. The molecule has 0 saturated carbocycles. The number of nitrogens with two attached hydrogens (primary N) is 1. The van der Waals surface area contributed by atoms with Crippen LogP contribution in [0.2, 0.25) is 10.0 Å². The summed E-state index contributed by atoms with van der Waals surface area (Å²) in [4.78, 5) is 4.66. The molecule has 0 bridgehead atoms. The van der Waals surface area contributed by atoms with Crippen LogP contribution in [0.5, 0.6) is 5.75 Å². The van der Waals surface area contributed by atoms with E-state index < -0.39 is 0 Å².